The van der Waals surface area contributed by atoms with Gasteiger partial charge in [0.05, 0.1) is 41.0 Å². The third kappa shape index (κ3) is 5.05. The first-order valence-corrected chi connectivity index (χ1v) is 14.9. The summed E-state index contributed by atoms with van der Waals surface area (Å²) < 4.78 is 28.2. The number of aromatic carboxylic acids is 1. The second-order valence-corrected chi connectivity index (χ2v) is 12.0. The molecule has 0 spiro atoms. The molecular formula is C29H29N5O4S2. The van der Waals surface area contributed by atoms with Crippen molar-refractivity contribution >= 4 is 44.7 Å². The molecule has 1 aliphatic heterocycles. The number of carboxylic acid groups (broad SMARTS) is 1. The third-order valence-electron chi connectivity index (χ3n) is 7.05. The van der Waals surface area contributed by atoms with Gasteiger partial charge in [-0.3, -0.25) is 9.71 Å². The Morgan fingerprint density at radius 2 is 1.77 bits per heavy atom. The van der Waals surface area contributed by atoms with Crippen LogP contribution in [0.15, 0.2) is 72.9 Å². The second kappa shape index (κ2) is 10.4. The smallest absolute Gasteiger partial charge is 0.337 e. The lowest BCUT2D eigenvalue weighted by Crippen LogP contribution is -2.29. The fraction of sp³-hybridized carbons (Fsp3) is 0.207. The molecule has 0 saturated carbocycles. The quantitative estimate of drug-likeness (QED) is 0.262. The molecule has 0 unspecified atom stereocenters. The number of carbonyl (C=O) groups is 1. The Hall–Kier alpha value is -4.22. The van der Waals surface area contributed by atoms with E-state index in [0.717, 1.165) is 40.2 Å². The zero-order valence-electron chi connectivity index (χ0n) is 22.4. The van der Waals surface area contributed by atoms with Gasteiger partial charge in [0.15, 0.2) is 5.11 Å². The number of sulfonamides is 1. The van der Waals surface area contributed by atoms with E-state index in [1.807, 2.05) is 66.6 Å². The van der Waals surface area contributed by atoms with Crippen molar-refractivity contribution in [3.8, 4) is 5.69 Å². The molecule has 2 atom stereocenters. The third-order valence-corrected chi connectivity index (χ3v) is 7.95. The highest BCUT2D eigenvalue weighted by Crippen LogP contribution is 2.44. The van der Waals surface area contributed by atoms with Crippen molar-refractivity contribution in [3.63, 3.8) is 0 Å². The van der Waals surface area contributed by atoms with Gasteiger partial charge in [0.2, 0.25) is 10.0 Å². The van der Waals surface area contributed by atoms with Gasteiger partial charge in [-0.2, -0.15) is 0 Å². The lowest BCUT2D eigenvalue weighted by molar-refractivity contribution is 0.0697. The van der Waals surface area contributed by atoms with Crippen LogP contribution in [0.4, 0.5) is 11.4 Å². The minimum Gasteiger partial charge on any atom is -0.478 e. The Morgan fingerprint density at radius 3 is 2.42 bits per heavy atom. The zero-order valence-corrected chi connectivity index (χ0v) is 24.0. The number of pyridine rings is 1. The number of hydrogen-bond acceptors (Lipinski definition) is 5. The number of nitrogens with zero attached hydrogens (tertiary/aromatic N) is 3. The average molecular weight is 576 g/mol. The molecular weight excluding hydrogens is 546 g/mol. The van der Waals surface area contributed by atoms with E-state index in [0.29, 0.717) is 16.5 Å². The van der Waals surface area contributed by atoms with E-state index >= 15 is 0 Å². The van der Waals surface area contributed by atoms with E-state index in [9.17, 15) is 18.3 Å². The van der Waals surface area contributed by atoms with E-state index in [4.69, 9.17) is 12.2 Å². The van der Waals surface area contributed by atoms with E-state index in [2.05, 4.69) is 21.1 Å². The van der Waals surface area contributed by atoms with Gasteiger partial charge in [-0.05, 0) is 92.6 Å². The predicted octanol–water partition coefficient (Wildman–Crippen LogP) is 5.04. The first-order valence-electron chi connectivity index (χ1n) is 12.6. The number of thiocarbonyl (C=S) groups is 1. The van der Waals surface area contributed by atoms with Gasteiger partial charge in [-0.1, -0.05) is 18.2 Å². The normalized spacial score (nSPS) is 17.1. The molecule has 11 heteroatoms. The highest BCUT2D eigenvalue weighted by Gasteiger charge is 2.42. The summed E-state index contributed by atoms with van der Waals surface area (Å²) in [6.45, 7) is 5.76. The number of hydrogen-bond donors (Lipinski definition) is 3. The molecule has 3 N–H and O–H groups in total. The SMILES string of the molecule is Cc1cc(N2C(=S)N[C@@H](c3ccccn3)[C@H]2c2cc(C)n(-c3ccccc3C(=O)O)c2C)ccc1NS(C)(=O)=O. The van der Waals surface area contributed by atoms with Crippen molar-refractivity contribution in [2.45, 2.75) is 32.9 Å². The van der Waals surface area contributed by atoms with Crippen molar-refractivity contribution in [1.82, 2.24) is 14.9 Å². The monoisotopic (exact) mass is 575 g/mol. The van der Waals surface area contributed by atoms with Gasteiger partial charge in [-0.25, -0.2) is 13.2 Å². The maximum atomic E-state index is 12.0. The summed E-state index contributed by atoms with van der Waals surface area (Å²) in [5, 5.41) is 13.8. The van der Waals surface area contributed by atoms with Gasteiger partial charge in [0, 0.05) is 23.3 Å². The molecule has 2 aromatic heterocycles. The highest BCUT2D eigenvalue weighted by molar-refractivity contribution is 7.92. The Balaban J connectivity index is 1.68. The molecule has 1 fully saturated rings. The molecule has 4 aromatic rings. The number of carboxylic acids is 1. The minimum absolute atomic E-state index is 0.207. The van der Waals surface area contributed by atoms with E-state index in [1.54, 1.807) is 30.5 Å². The van der Waals surface area contributed by atoms with Crippen molar-refractivity contribution in [2.75, 3.05) is 15.9 Å². The fourth-order valence-corrected chi connectivity index (χ4v) is 6.34. The molecule has 40 heavy (non-hydrogen) atoms. The van der Waals surface area contributed by atoms with Crippen LogP contribution in [-0.4, -0.2) is 40.4 Å². The molecule has 0 amide bonds. The molecule has 5 rings (SSSR count). The second-order valence-electron chi connectivity index (χ2n) is 9.85. The largest absolute Gasteiger partial charge is 0.478 e. The number of para-hydroxylation sites is 1. The first-order chi connectivity index (χ1) is 19.0. The molecule has 9 nitrogen and oxygen atoms in total. The van der Waals surface area contributed by atoms with E-state index < -0.39 is 16.0 Å². The Bertz CT molecular complexity index is 1730. The predicted molar refractivity (Wildman–Crippen MR) is 160 cm³/mol. The van der Waals surface area contributed by atoms with Crippen LogP contribution in [-0.2, 0) is 10.0 Å². The van der Waals surface area contributed by atoms with Crippen LogP contribution in [0.1, 0.15) is 50.7 Å². The van der Waals surface area contributed by atoms with Crippen molar-refractivity contribution in [2.24, 2.45) is 0 Å². The summed E-state index contributed by atoms with van der Waals surface area (Å²) in [4.78, 5) is 18.7. The van der Waals surface area contributed by atoms with Crippen LogP contribution in [0.5, 0.6) is 0 Å². The summed E-state index contributed by atoms with van der Waals surface area (Å²) >= 11 is 5.86. The van der Waals surface area contributed by atoms with Crippen LogP contribution < -0.4 is 14.9 Å². The molecule has 206 valence electrons. The summed E-state index contributed by atoms with van der Waals surface area (Å²) in [7, 11) is -3.44. The Kier molecular flexibility index (Phi) is 7.11. The minimum atomic E-state index is -3.44. The standard InChI is InChI=1S/C29H29N5O4S2/c1-17-15-20(12-13-23(17)32-40(4,37)38)34-27(26(31-29(34)39)24-10-7-8-14-30-24)22-16-18(2)33(19(22)3)25-11-6-5-9-21(25)28(35)36/h5-16,26-27,32H,1-4H3,(H,31,39)(H,35,36)/t26-,27+/m0/s1. The summed E-state index contributed by atoms with van der Waals surface area (Å²) in [5.41, 5.74) is 6.32. The average Bonchev–Trinajstić information content (AvgIpc) is 3.39. The zero-order chi connectivity index (χ0) is 28.8. The Morgan fingerprint density at radius 1 is 1.05 bits per heavy atom. The molecule has 1 saturated heterocycles. The highest BCUT2D eigenvalue weighted by atomic mass is 32.2. The first kappa shape index (κ1) is 27.4. The van der Waals surface area contributed by atoms with Gasteiger partial charge in [0.1, 0.15) is 0 Å². The van der Waals surface area contributed by atoms with Crippen molar-refractivity contribution < 1.29 is 18.3 Å². The lowest BCUT2D eigenvalue weighted by atomic mass is 9.96. The van der Waals surface area contributed by atoms with Crippen LogP contribution in [0.2, 0.25) is 0 Å². The molecule has 3 heterocycles. The van der Waals surface area contributed by atoms with E-state index in [1.165, 1.54) is 0 Å². The fourth-order valence-electron chi connectivity index (χ4n) is 5.37. The number of aryl methyl sites for hydroxylation is 2. The number of anilines is 2. The summed E-state index contributed by atoms with van der Waals surface area (Å²) in [5.74, 6) is -1.00. The van der Waals surface area contributed by atoms with Crippen LogP contribution >= 0.6 is 12.2 Å². The summed E-state index contributed by atoms with van der Waals surface area (Å²) in [6, 6.07) is 19.6. The van der Waals surface area contributed by atoms with Gasteiger partial charge in [0.25, 0.3) is 0 Å². The summed E-state index contributed by atoms with van der Waals surface area (Å²) in [6.07, 6.45) is 2.85. The van der Waals surface area contributed by atoms with Crippen LogP contribution in [0.25, 0.3) is 5.69 Å². The van der Waals surface area contributed by atoms with Crippen LogP contribution in [0.3, 0.4) is 0 Å². The maximum absolute atomic E-state index is 12.0. The molecule has 1 aliphatic rings. The van der Waals surface area contributed by atoms with Crippen molar-refractivity contribution in [3.05, 3.63) is 107 Å². The number of aromatic nitrogens is 2. The van der Waals surface area contributed by atoms with Crippen LogP contribution in [0, 0.1) is 20.8 Å². The molecule has 0 radical (unpaired) electrons. The number of rotatable bonds is 7. The molecule has 0 aliphatic carbocycles. The number of benzene rings is 2. The van der Waals surface area contributed by atoms with Gasteiger partial charge in [-0.15, -0.1) is 0 Å². The molecule has 0 bridgehead atoms. The van der Waals surface area contributed by atoms with E-state index in [-0.39, 0.29) is 17.6 Å². The maximum Gasteiger partial charge on any atom is 0.337 e. The number of nitrogens with one attached hydrogen (secondary N) is 2. The Labute approximate surface area is 238 Å². The van der Waals surface area contributed by atoms with Gasteiger partial charge < -0.3 is 19.9 Å². The van der Waals surface area contributed by atoms with Crippen molar-refractivity contribution in [1.29, 1.82) is 0 Å². The topological polar surface area (TPSA) is 117 Å². The lowest BCUT2D eigenvalue weighted by Gasteiger charge is -2.29. The van der Waals surface area contributed by atoms with Gasteiger partial charge >= 0.3 is 5.97 Å². The molecule has 2 aromatic carbocycles.